The van der Waals surface area contributed by atoms with Crippen molar-refractivity contribution >= 4 is 23.2 Å². The Balaban J connectivity index is 2.37. The molecule has 0 aliphatic heterocycles. The Morgan fingerprint density at radius 3 is 2.76 bits per heavy atom. The van der Waals surface area contributed by atoms with Crippen molar-refractivity contribution in [3.05, 3.63) is 33.3 Å². The maximum Gasteiger partial charge on any atom is 0.0458 e. The lowest BCUT2D eigenvalue weighted by molar-refractivity contribution is 0.433. The van der Waals surface area contributed by atoms with Crippen LogP contribution in [-0.2, 0) is 0 Å². The molecule has 0 bridgehead atoms. The van der Waals surface area contributed by atoms with Gasteiger partial charge < -0.3 is 5.32 Å². The van der Waals surface area contributed by atoms with Crippen molar-refractivity contribution in [2.24, 2.45) is 0 Å². The molecule has 3 heteroatoms. The van der Waals surface area contributed by atoms with E-state index in [1.54, 1.807) is 0 Å². The third kappa shape index (κ3) is 2.78. The van der Waals surface area contributed by atoms with Gasteiger partial charge in [-0.25, -0.2) is 0 Å². The fraction of sp³-hybridized carbons (Fsp3) is 0.571. The summed E-state index contributed by atoms with van der Waals surface area (Å²) >= 11 is 12.4. The molecule has 0 saturated heterocycles. The molecule has 1 aliphatic rings. The Morgan fingerprint density at radius 2 is 2.06 bits per heavy atom. The van der Waals surface area contributed by atoms with E-state index in [2.05, 4.69) is 25.2 Å². The van der Waals surface area contributed by atoms with Gasteiger partial charge in [0, 0.05) is 16.1 Å². The lowest BCUT2D eigenvalue weighted by Crippen LogP contribution is -2.27. The molecule has 1 aromatic rings. The summed E-state index contributed by atoms with van der Waals surface area (Å²) < 4.78 is 0. The first kappa shape index (κ1) is 13.2. The predicted octanol–water partition coefficient (Wildman–Crippen LogP) is 4.93. The van der Waals surface area contributed by atoms with Crippen LogP contribution in [0.1, 0.15) is 56.2 Å². The Kier molecular flexibility index (Phi) is 4.35. The van der Waals surface area contributed by atoms with Crippen molar-refractivity contribution in [2.75, 3.05) is 6.54 Å². The number of benzene rings is 1. The average Bonchev–Trinajstić information content (AvgIpc) is 2.27. The monoisotopic (exact) mass is 271 g/mol. The third-order valence-corrected chi connectivity index (χ3v) is 4.05. The number of hydrogen-bond donors (Lipinski definition) is 1. The van der Waals surface area contributed by atoms with Crippen LogP contribution in [0.2, 0.25) is 10.0 Å². The molecule has 0 aromatic heterocycles. The van der Waals surface area contributed by atoms with E-state index in [-0.39, 0.29) is 0 Å². The van der Waals surface area contributed by atoms with Crippen molar-refractivity contribution in [1.82, 2.24) is 5.32 Å². The molecule has 1 N–H and O–H groups in total. The van der Waals surface area contributed by atoms with Gasteiger partial charge in [-0.2, -0.15) is 0 Å². The van der Waals surface area contributed by atoms with Crippen molar-refractivity contribution in [3.8, 4) is 0 Å². The normalized spacial score (nSPS) is 23.5. The van der Waals surface area contributed by atoms with E-state index in [0.29, 0.717) is 12.0 Å². The van der Waals surface area contributed by atoms with E-state index in [1.807, 2.05) is 6.07 Å². The Morgan fingerprint density at radius 1 is 1.29 bits per heavy atom. The summed E-state index contributed by atoms with van der Waals surface area (Å²) in [6, 6.07) is 4.35. The van der Waals surface area contributed by atoms with Gasteiger partial charge in [-0.05, 0) is 55.0 Å². The highest BCUT2D eigenvalue weighted by Crippen LogP contribution is 2.42. The SMILES string of the molecule is CCCNC1CCC(C)c2c(Cl)cc(Cl)cc21. The van der Waals surface area contributed by atoms with Gasteiger partial charge in [0.2, 0.25) is 0 Å². The van der Waals surface area contributed by atoms with Crippen LogP contribution in [0.4, 0.5) is 0 Å². The molecule has 17 heavy (non-hydrogen) atoms. The topological polar surface area (TPSA) is 12.0 Å². The minimum absolute atomic E-state index is 0.414. The standard InChI is InChI=1S/C14H19Cl2N/c1-3-6-17-13-5-4-9(2)14-11(13)7-10(15)8-12(14)16/h7-9,13,17H,3-6H2,1-2H3. The van der Waals surface area contributed by atoms with E-state index >= 15 is 0 Å². The second kappa shape index (κ2) is 5.60. The molecule has 0 radical (unpaired) electrons. The third-order valence-electron chi connectivity index (χ3n) is 3.52. The van der Waals surface area contributed by atoms with E-state index in [1.165, 1.54) is 24.0 Å². The maximum atomic E-state index is 6.33. The van der Waals surface area contributed by atoms with Gasteiger partial charge in [-0.3, -0.25) is 0 Å². The lowest BCUT2D eigenvalue weighted by Gasteiger charge is -2.31. The second-order valence-electron chi connectivity index (χ2n) is 4.88. The van der Waals surface area contributed by atoms with Crippen molar-refractivity contribution in [3.63, 3.8) is 0 Å². The van der Waals surface area contributed by atoms with Gasteiger partial charge in [0.25, 0.3) is 0 Å². The molecule has 94 valence electrons. The van der Waals surface area contributed by atoms with Crippen molar-refractivity contribution in [1.29, 1.82) is 0 Å². The smallest absolute Gasteiger partial charge is 0.0458 e. The summed E-state index contributed by atoms with van der Waals surface area (Å²) in [5, 5.41) is 5.15. The molecule has 0 amide bonds. The van der Waals surface area contributed by atoms with Crippen LogP contribution < -0.4 is 5.32 Å². The molecule has 0 spiro atoms. The Bertz CT molecular complexity index is 403. The molecular weight excluding hydrogens is 253 g/mol. The highest BCUT2D eigenvalue weighted by molar-refractivity contribution is 6.35. The summed E-state index contributed by atoms with van der Waals surface area (Å²) in [7, 11) is 0. The number of halogens is 2. The number of fused-ring (bicyclic) bond motifs is 1. The molecule has 2 unspecified atom stereocenters. The van der Waals surface area contributed by atoms with Crippen molar-refractivity contribution < 1.29 is 0 Å². The molecule has 1 nitrogen and oxygen atoms in total. The quantitative estimate of drug-likeness (QED) is 0.822. The van der Waals surface area contributed by atoms with Gasteiger partial charge in [0.1, 0.15) is 0 Å². The van der Waals surface area contributed by atoms with E-state index in [0.717, 1.165) is 23.0 Å². The Labute approximate surface area is 114 Å². The first-order valence-corrected chi connectivity index (χ1v) is 7.11. The van der Waals surface area contributed by atoms with Gasteiger partial charge >= 0.3 is 0 Å². The van der Waals surface area contributed by atoms with E-state index < -0.39 is 0 Å². The van der Waals surface area contributed by atoms with Gasteiger partial charge in [0.05, 0.1) is 0 Å². The molecule has 0 heterocycles. The van der Waals surface area contributed by atoms with E-state index in [9.17, 15) is 0 Å². The molecule has 1 aromatic carbocycles. The molecule has 1 aliphatic carbocycles. The molecule has 0 fully saturated rings. The van der Waals surface area contributed by atoms with Crippen LogP contribution in [-0.4, -0.2) is 6.54 Å². The van der Waals surface area contributed by atoms with Crippen LogP contribution >= 0.6 is 23.2 Å². The first-order chi connectivity index (χ1) is 8.13. The van der Waals surface area contributed by atoms with Crippen molar-refractivity contribution in [2.45, 2.75) is 45.1 Å². The van der Waals surface area contributed by atoms with E-state index in [4.69, 9.17) is 23.2 Å². The minimum Gasteiger partial charge on any atom is -0.310 e. The summed E-state index contributed by atoms with van der Waals surface area (Å²) in [6.07, 6.45) is 3.51. The Hall–Kier alpha value is -0.240. The van der Waals surface area contributed by atoms with Gasteiger partial charge in [-0.1, -0.05) is 37.0 Å². The van der Waals surface area contributed by atoms with Crippen LogP contribution in [0.25, 0.3) is 0 Å². The van der Waals surface area contributed by atoms with Crippen LogP contribution in [0.3, 0.4) is 0 Å². The fourth-order valence-corrected chi connectivity index (χ4v) is 3.36. The largest absolute Gasteiger partial charge is 0.310 e. The first-order valence-electron chi connectivity index (χ1n) is 6.35. The summed E-state index contributed by atoms with van der Waals surface area (Å²) in [5.41, 5.74) is 2.59. The zero-order valence-corrected chi connectivity index (χ0v) is 11.9. The molecular formula is C14H19Cl2N. The van der Waals surface area contributed by atoms with Crippen LogP contribution in [0, 0.1) is 0 Å². The number of rotatable bonds is 3. The zero-order valence-electron chi connectivity index (χ0n) is 10.4. The fourth-order valence-electron chi connectivity index (χ4n) is 2.66. The molecule has 2 atom stereocenters. The highest BCUT2D eigenvalue weighted by Gasteiger charge is 2.26. The predicted molar refractivity (Wildman–Crippen MR) is 75.1 cm³/mol. The van der Waals surface area contributed by atoms with Gasteiger partial charge in [-0.15, -0.1) is 0 Å². The van der Waals surface area contributed by atoms with Gasteiger partial charge in [0.15, 0.2) is 0 Å². The molecule has 2 rings (SSSR count). The van der Waals surface area contributed by atoms with Crippen LogP contribution in [0.15, 0.2) is 12.1 Å². The zero-order chi connectivity index (χ0) is 12.4. The minimum atomic E-state index is 0.414. The number of hydrogen-bond acceptors (Lipinski definition) is 1. The lowest BCUT2D eigenvalue weighted by atomic mass is 9.81. The summed E-state index contributed by atoms with van der Waals surface area (Å²) in [4.78, 5) is 0. The molecule has 0 saturated carbocycles. The highest BCUT2D eigenvalue weighted by atomic mass is 35.5. The second-order valence-corrected chi connectivity index (χ2v) is 5.72. The average molecular weight is 272 g/mol. The maximum absolute atomic E-state index is 6.33. The summed E-state index contributed by atoms with van der Waals surface area (Å²) in [5.74, 6) is 0.537. The number of nitrogens with one attached hydrogen (secondary N) is 1. The van der Waals surface area contributed by atoms with Crippen LogP contribution in [0.5, 0.6) is 0 Å². The summed E-state index contributed by atoms with van der Waals surface area (Å²) in [6.45, 7) is 5.47.